The molecule has 0 aliphatic carbocycles. The number of aliphatic carboxylic acids is 3. The van der Waals surface area contributed by atoms with E-state index >= 15 is 0 Å². The van der Waals surface area contributed by atoms with Gasteiger partial charge in [0, 0.05) is 6.54 Å². The van der Waals surface area contributed by atoms with E-state index in [2.05, 4.69) is 54.3 Å². The van der Waals surface area contributed by atoms with Gasteiger partial charge in [-0.15, -0.1) is 12.4 Å². The summed E-state index contributed by atoms with van der Waals surface area (Å²) in [4.78, 5) is 32.6. The van der Waals surface area contributed by atoms with Crippen LogP contribution in [-0.4, -0.2) is 81.2 Å². The number of ether oxygens (including phenoxy) is 1. The normalized spacial score (nSPS) is 11.4. The number of benzene rings is 3. The number of hydrogen-bond acceptors (Lipinski definition) is 7. The van der Waals surface area contributed by atoms with Crippen LogP contribution in [0.5, 0.6) is 11.5 Å². The molecule has 3 aromatic carbocycles. The van der Waals surface area contributed by atoms with Crippen molar-refractivity contribution < 1.29 is 44.7 Å². The predicted octanol–water partition coefficient (Wildman–Crippen LogP) is 4.88. The second kappa shape index (κ2) is 17.5. The van der Waals surface area contributed by atoms with E-state index in [-0.39, 0.29) is 18.2 Å². The first-order valence-electron chi connectivity index (χ1n) is 13.2. The Morgan fingerprint density at radius 3 is 1.81 bits per heavy atom. The lowest BCUT2D eigenvalue weighted by atomic mass is 9.88. The second-order valence-electron chi connectivity index (χ2n) is 9.78. The zero-order valence-corrected chi connectivity index (χ0v) is 25.1. The lowest BCUT2D eigenvalue weighted by Crippen LogP contribution is -2.42. The van der Waals surface area contributed by atoms with Crippen molar-refractivity contribution in [1.82, 2.24) is 4.90 Å². The Kier molecular flexibility index (Phi) is 15.0. The number of phenolic OH excluding ortho intramolecular Hbond substituents is 1. The molecule has 0 aliphatic rings. The molecule has 5 N–H and O–H groups in total. The molecule has 0 atom stereocenters. The number of carboxylic acid groups (broad SMARTS) is 3. The van der Waals surface area contributed by atoms with E-state index in [1.54, 1.807) is 6.07 Å². The minimum atomic E-state index is -2.74. The van der Waals surface area contributed by atoms with Gasteiger partial charge in [0.2, 0.25) is 0 Å². The highest BCUT2D eigenvalue weighted by atomic mass is 35.5. The van der Waals surface area contributed by atoms with Gasteiger partial charge < -0.3 is 35.2 Å². The number of nitrogens with zero attached hydrogens (tertiary/aromatic N) is 1. The predicted molar refractivity (Wildman–Crippen MR) is 166 cm³/mol. The summed E-state index contributed by atoms with van der Waals surface area (Å²) in [5.74, 6) is -3.88. The fourth-order valence-electron chi connectivity index (χ4n) is 4.12. The van der Waals surface area contributed by atoms with Crippen LogP contribution < -0.4 is 4.74 Å². The number of aliphatic hydroxyl groups is 1. The fourth-order valence-corrected chi connectivity index (χ4v) is 4.12. The van der Waals surface area contributed by atoms with E-state index in [9.17, 15) is 19.5 Å². The highest BCUT2D eigenvalue weighted by molar-refractivity contribution is 5.98. The smallest absolute Gasteiger partial charge is 0.336 e. The summed E-state index contributed by atoms with van der Waals surface area (Å²) < 4.78 is 5.85. The highest BCUT2D eigenvalue weighted by Crippen LogP contribution is 2.36. The molecule has 0 saturated carbocycles. The molecule has 0 aromatic heterocycles. The van der Waals surface area contributed by atoms with Crippen molar-refractivity contribution in [3.05, 3.63) is 95.6 Å². The van der Waals surface area contributed by atoms with Crippen molar-refractivity contribution in [1.29, 1.82) is 0 Å². The minimum Gasteiger partial charge on any atom is -0.508 e. The quantitative estimate of drug-likeness (QED) is 0.167. The average molecular weight is 616 g/mol. The number of likely N-dealkylation sites (N-methyl/N-ethyl adjacent to an activating group) is 1. The van der Waals surface area contributed by atoms with Crippen molar-refractivity contribution in [2.75, 3.05) is 27.2 Å². The second-order valence-corrected chi connectivity index (χ2v) is 9.78. The van der Waals surface area contributed by atoms with Crippen molar-refractivity contribution >= 4 is 41.5 Å². The van der Waals surface area contributed by atoms with Gasteiger partial charge in [-0.1, -0.05) is 61.5 Å². The number of carbonyl (C=O) groups is 3. The number of phenols is 1. The van der Waals surface area contributed by atoms with Crippen LogP contribution in [-0.2, 0) is 14.4 Å². The zero-order chi connectivity index (χ0) is 31.3. The number of halogens is 1. The Morgan fingerprint density at radius 2 is 1.35 bits per heavy atom. The van der Waals surface area contributed by atoms with E-state index in [1.807, 2.05) is 44.4 Å². The van der Waals surface area contributed by atoms with Gasteiger partial charge in [-0.05, 0) is 72.6 Å². The van der Waals surface area contributed by atoms with Gasteiger partial charge in [-0.25, -0.2) is 4.79 Å². The maximum Gasteiger partial charge on any atom is 0.336 e. The molecule has 3 rings (SSSR count). The van der Waals surface area contributed by atoms with E-state index in [1.165, 1.54) is 11.1 Å². The molecular formula is C32H38ClNO9. The van der Waals surface area contributed by atoms with E-state index in [4.69, 9.17) is 25.2 Å². The summed E-state index contributed by atoms with van der Waals surface area (Å²) in [5, 5.41) is 43.9. The molecule has 0 fully saturated rings. The number of hydrogen-bond donors (Lipinski definition) is 5. The Bertz CT molecular complexity index is 1360. The Labute approximate surface area is 256 Å². The SMILES string of the molecule is CC/C(=C(/c1ccc(OCCN(C)C)cc1)c1cccc(O)c1)c1ccccc1.Cl.O=C(O)CC(O)(CC(=O)O)C(=O)O. The fraction of sp³-hybridized carbons (Fsp3) is 0.281. The molecule has 11 heteroatoms. The average Bonchev–Trinajstić information content (AvgIpc) is 2.92. The van der Waals surface area contributed by atoms with Crippen molar-refractivity contribution in [2.24, 2.45) is 0 Å². The third kappa shape index (κ3) is 11.8. The van der Waals surface area contributed by atoms with Crippen molar-refractivity contribution in [2.45, 2.75) is 31.8 Å². The maximum atomic E-state index is 10.3. The summed E-state index contributed by atoms with van der Waals surface area (Å²) in [6, 6.07) is 26.2. The van der Waals surface area contributed by atoms with E-state index in [0.717, 1.165) is 35.4 Å². The van der Waals surface area contributed by atoms with Crippen LogP contribution in [0.3, 0.4) is 0 Å². The van der Waals surface area contributed by atoms with E-state index in [0.29, 0.717) is 6.61 Å². The lowest BCUT2D eigenvalue weighted by Gasteiger charge is -2.18. The molecule has 0 heterocycles. The zero-order valence-electron chi connectivity index (χ0n) is 24.3. The number of carboxylic acids is 3. The topological polar surface area (TPSA) is 165 Å². The molecule has 3 aromatic rings. The monoisotopic (exact) mass is 615 g/mol. The molecule has 0 unspecified atom stereocenters. The highest BCUT2D eigenvalue weighted by Gasteiger charge is 2.40. The van der Waals surface area contributed by atoms with Gasteiger partial charge >= 0.3 is 17.9 Å². The van der Waals surface area contributed by atoms with Gasteiger partial charge in [-0.2, -0.15) is 0 Å². The molecule has 0 aliphatic heterocycles. The Hall–Kier alpha value is -4.38. The lowest BCUT2D eigenvalue weighted by molar-refractivity contribution is -0.170. The summed E-state index contributed by atoms with van der Waals surface area (Å²) in [5.41, 5.74) is 2.95. The summed E-state index contributed by atoms with van der Waals surface area (Å²) in [7, 11) is 4.07. The van der Waals surface area contributed by atoms with Crippen LogP contribution in [0, 0.1) is 0 Å². The summed E-state index contributed by atoms with van der Waals surface area (Å²) in [6.07, 6.45) is -1.40. The van der Waals surface area contributed by atoms with Crippen LogP contribution in [0.4, 0.5) is 0 Å². The van der Waals surface area contributed by atoms with Crippen LogP contribution in [0.2, 0.25) is 0 Å². The molecule has 0 radical (unpaired) electrons. The minimum absolute atomic E-state index is 0. The first-order chi connectivity index (χ1) is 19.9. The van der Waals surface area contributed by atoms with Crippen molar-refractivity contribution in [3.63, 3.8) is 0 Å². The standard InChI is InChI=1S/C26H29NO2.C6H8O7.ClH/c1-4-25(20-9-6-5-7-10-20)26(22-11-8-12-23(28)19-22)21-13-15-24(16-14-21)29-18-17-27(2)3;7-3(8)1-6(13,5(11)12)2-4(9)10;/h5-16,19,28H,4,17-18H2,1-3H3;13H,1-2H2,(H,7,8)(H,9,10)(H,11,12);1H/b26-25+;;. The summed E-state index contributed by atoms with van der Waals surface area (Å²) >= 11 is 0. The van der Waals surface area contributed by atoms with Crippen LogP contribution >= 0.6 is 12.4 Å². The molecule has 0 spiro atoms. The molecular weight excluding hydrogens is 578 g/mol. The van der Waals surface area contributed by atoms with Crippen LogP contribution in [0.1, 0.15) is 42.9 Å². The largest absolute Gasteiger partial charge is 0.508 e. The molecule has 10 nitrogen and oxygen atoms in total. The number of rotatable bonds is 13. The first-order valence-corrected chi connectivity index (χ1v) is 13.2. The molecule has 0 saturated heterocycles. The molecule has 0 bridgehead atoms. The Morgan fingerprint density at radius 1 is 0.791 bits per heavy atom. The first kappa shape index (κ1) is 36.6. The van der Waals surface area contributed by atoms with Gasteiger partial charge in [0.15, 0.2) is 5.60 Å². The van der Waals surface area contributed by atoms with Crippen LogP contribution in [0.15, 0.2) is 78.9 Å². The van der Waals surface area contributed by atoms with Gasteiger partial charge in [-0.3, -0.25) is 9.59 Å². The molecule has 232 valence electrons. The van der Waals surface area contributed by atoms with Gasteiger partial charge in [0.25, 0.3) is 0 Å². The number of aromatic hydroxyl groups is 1. The van der Waals surface area contributed by atoms with Crippen LogP contribution in [0.25, 0.3) is 11.1 Å². The molecule has 43 heavy (non-hydrogen) atoms. The Balaban J connectivity index is 0.000000562. The van der Waals surface area contributed by atoms with Crippen molar-refractivity contribution in [3.8, 4) is 11.5 Å². The third-order valence-electron chi connectivity index (χ3n) is 6.15. The van der Waals surface area contributed by atoms with E-state index < -0.39 is 36.4 Å². The number of allylic oxidation sites excluding steroid dienone is 1. The third-order valence-corrected chi connectivity index (χ3v) is 6.15. The maximum absolute atomic E-state index is 10.3. The van der Waals surface area contributed by atoms with Gasteiger partial charge in [0.05, 0.1) is 12.8 Å². The summed E-state index contributed by atoms with van der Waals surface area (Å²) in [6.45, 7) is 3.71. The van der Waals surface area contributed by atoms with Gasteiger partial charge in [0.1, 0.15) is 18.1 Å². The molecule has 0 amide bonds.